The number of anilines is 1. The number of aromatic nitrogens is 1. The molecule has 0 unspecified atom stereocenters. The summed E-state index contributed by atoms with van der Waals surface area (Å²) in [6.07, 6.45) is 1.94. The summed E-state index contributed by atoms with van der Waals surface area (Å²) in [5, 5.41) is 7.04. The van der Waals surface area contributed by atoms with E-state index in [1.54, 1.807) is 0 Å². The Labute approximate surface area is 130 Å². The van der Waals surface area contributed by atoms with Gasteiger partial charge in [0.2, 0.25) is 0 Å². The van der Waals surface area contributed by atoms with Gasteiger partial charge in [-0.1, -0.05) is 23.4 Å². The smallest absolute Gasteiger partial charge is 0.322 e. The molecule has 5 heteroatoms. The third-order valence-electron chi connectivity index (χ3n) is 4.32. The molecule has 1 aliphatic heterocycles. The molecule has 116 valence electrons. The number of urea groups is 1. The Kier molecular flexibility index (Phi) is 3.88. The topological polar surface area (TPSA) is 58.4 Å². The van der Waals surface area contributed by atoms with Crippen molar-refractivity contribution in [1.29, 1.82) is 0 Å². The number of nitrogens with one attached hydrogen (secondary N) is 1. The molecule has 5 nitrogen and oxygen atoms in total. The zero-order valence-corrected chi connectivity index (χ0v) is 13.2. The average Bonchev–Trinajstić information content (AvgIpc) is 3.08. The maximum atomic E-state index is 12.7. The largest absolute Gasteiger partial charge is 0.361 e. The van der Waals surface area contributed by atoms with E-state index in [4.69, 9.17) is 4.52 Å². The van der Waals surface area contributed by atoms with Gasteiger partial charge in [0.1, 0.15) is 5.76 Å². The molecule has 1 fully saturated rings. The number of likely N-dealkylation sites (tertiary alicyclic amines) is 1. The van der Waals surface area contributed by atoms with Gasteiger partial charge in [0.15, 0.2) is 0 Å². The van der Waals surface area contributed by atoms with Crippen LogP contribution in [0.3, 0.4) is 0 Å². The van der Waals surface area contributed by atoms with Crippen LogP contribution in [0, 0.1) is 20.8 Å². The van der Waals surface area contributed by atoms with Crippen molar-refractivity contribution in [3.05, 3.63) is 46.8 Å². The molecule has 22 heavy (non-hydrogen) atoms. The molecule has 2 amide bonds. The molecule has 0 saturated carbocycles. The molecular formula is C17H21N3O2. The van der Waals surface area contributed by atoms with E-state index in [0.717, 1.165) is 47.7 Å². The maximum Gasteiger partial charge on any atom is 0.322 e. The molecule has 0 bridgehead atoms. The van der Waals surface area contributed by atoms with Gasteiger partial charge in [0.25, 0.3) is 0 Å². The van der Waals surface area contributed by atoms with Crippen LogP contribution in [-0.2, 0) is 0 Å². The van der Waals surface area contributed by atoms with Crippen molar-refractivity contribution in [2.24, 2.45) is 0 Å². The predicted molar refractivity (Wildman–Crippen MR) is 84.9 cm³/mol. The van der Waals surface area contributed by atoms with Crippen LogP contribution < -0.4 is 5.32 Å². The van der Waals surface area contributed by atoms with Crippen LogP contribution in [0.5, 0.6) is 0 Å². The summed E-state index contributed by atoms with van der Waals surface area (Å²) in [6, 6.07) is 7.80. The summed E-state index contributed by atoms with van der Waals surface area (Å²) < 4.78 is 5.26. The van der Waals surface area contributed by atoms with E-state index in [9.17, 15) is 4.79 Å². The lowest BCUT2D eigenvalue weighted by atomic mass is 10.0. The lowest BCUT2D eigenvalue weighted by Gasteiger charge is -2.25. The number of hydrogen-bond acceptors (Lipinski definition) is 3. The Morgan fingerprint density at radius 2 is 2.09 bits per heavy atom. The lowest BCUT2D eigenvalue weighted by Crippen LogP contribution is -2.35. The Hall–Kier alpha value is -2.30. The van der Waals surface area contributed by atoms with Crippen molar-refractivity contribution in [2.75, 3.05) is 11.9 Å². The fraction of sp³-hybridized carbons (Fsp3) is 0.412. The molecule has 1 N–H and O–H groups in total. The first-order chi connectivity index (χ1) is 10.6. The highest BCUT2D eigenvalue weighted by Gasteiger charge is 2.33. The average molecular weight is 299 g/mol. The molecule has 2 aromatic rings. The summed E-state index contributed by atoms with van der Waals surface area (Å²) in [5.41, 5.74) is 3.84. The van der Waals surface area contributed by atoms with Crippen LogP contribution in [-0.4, -0.2) is 22.6 Å². The maximum absolute atomic E-state index is 12.7. The van der Waals surface area contributed by atoms with Crippen molar-refractivity contribution in [1.82, 2.24) is 10.1 Å². The van der Waals surface area contributed by atoms with Gasteiger partial charge in [0.05, 0.1) is 11.7 Å². The summed E-state index contributed by atoms with van der Waals surface area (Å²) in [7, 11) is 0. The van der Waals surface area contributed by atoms with E-state index in [1.165, 1.54) is 0 Å². The van der Waals surface area contributed by atoms with Crippen molar-refractivity contribution in [2.45, 2.75) is 39.7 Å². The molecule has 1 atom stereocenters. The zero-order valence-electron chi connectivity index (χ0n) is 13.2. The number of para-hydroxylation sites is 1. The van der Waals surface area contributed by atoms with E-state index in [2.05, 4.69) is 10.5 Å². The summed E-state index contributed by atoms with van der Waals surface area (Å²) in [4.78, 5) is 14.5. The summed E-state index contributed by atoms with van der Waals surface area (Å²) >= 11 is 0. The van der Waals surface area contributed by atoms with Crippen LogP contribution >= 0.6 is 0 Å². The third-order valence-corrected chi connectivity index (χ3v) is 4.32. The van der Waals surface area contributed by atoms with Gasteiger partial charge in [-0.25, -0.2) is 4.79 Å². The molecule has 1 aromatic carbocycles. The minimum Gasteiger partial charge on any atom is -0.361 e. The molecule has 3 rings (SSSR count). The van der Waals surface area contributed by atoms with Gasteiger partial charge >= 0.3 is 6.03 Å². The Balaban J connectivity index is 1.81. The Morgan fingerprint density at radius 1 is 1.32 bits per heavy atom. The van der Waals surface area contributed by atoms with Crippen molar-refractivity contribution in [3.63, 3.8) is 0 Å². The number of rotatable bonds is 2. The standard InChI is InChI=1S/C17H21N3O2/c1-11-7-4-5-8-14(11)18-17(21)20-10-6-9-15(20)16-12(2)19-22-13(16)3/h4-5,7-8,15H,6,9-10H2,1-3H3,(H,18,21)/t15-/m1/s1. The van der Waals surface area contributed by atoms with Gasteiger partial charge in [-0.05, 0) is 45.2 Å². The SMILES string of the molecule is Cc1ccccc1NC(=O)N1CCC[C@@H]1c1c(C)noc1C. The highest BCUT2D eigenvalue weighted by molar-refractivity contribution is 5.90. The van der Waals surface area contributed by atoms with Gasteiger partial charge in [-0.2, -0.15) is 0 Å². The Morgan fingerprint density at radius 3 is 2.77 bits per heavy atom. The van der Waals surface area contributed by atoms with E-state index in [1.807, 2.05) is 49.9 Å². The first kappa shape index (κ1) is 14.6. The molecular weight excluding hydrogens is 278 g/mol. The highest BCUT2D eigenvalue weighted by atomic mass is 16.5. The fourth-order valence-electron chi connectivity index (χ4n) is 3.18. The highest BCUT2D eigenvalue weighted by Crippen LogP contribution is 2.35. The van der Waals surface area contributed by atoms with Crippen molar-refractivity contribution < 1.29 is 9.32 Å². The normalized spacial score (nSPS) is 17.8. The number of carbonyl (C=O) groups is 1. The minimum absolute atomic E-state index is 0.0512. The first-order valence-corrected chi connectivity index (χ1v) is 7.64. The predicted octanol–water partition coefficient (Wildman–Crippen LogP) is 3.97. The molecule has 0 spiro atoms. The third kappa shape index (κ3) is 2.58. The summed E-state index contributed by atoms with van der Waals surface area (Å²) in [5.74, 6) is 0.804. The number of amides is 2. The van der Waals surface area contributed by atoms with E-state index in [0.29, 0.717) is 0 Å². The quantitative estimate of drug-likeness (QED) is 0.912. The molecule has 1 aromatic heterocycles. The van der Waals surface area contributed by atoms with Crippen molar-refractivity contribution >= 4 is 11.7 Å². The monoisotopic (exact) mass is 299 g/mol. The van der Waals surface area contributed by atoms with Crippen LogP contribution in [0.15, 0.2) is 28.8 Å². The van der Waals surface area contributed by atoms with E-state index in [-0.39, 0.29) is 12.1 Å². The van der Waals surface area contributed by atoms with Gasteiger partial charge in [0, 0.05) is 17.8 Å². The van der Waals surface area contributed by atoms with Crippen LogP contribution in [0.25, 0.3) is 0 Å². The number of benzene rings is 1. The summed E-state index contributed by atoms with van der Waals surface area (Å²) in [6.45, 7) is 6.59. The number of nitrogens with zero attached hydrogens (tertiary/aromatic N) is 2. The van der Waals surface area contributed by atoms with Gasteiger partial charge in [-0.15, -0.1) is 0 Å². The second-order valence-electron chi connectivity index (χ2n) is 5.83. The van der Waals surface area contributed by atoms with Gasteiger partial charge in [-0.3, -0.25) is 0 Å². The van der Waals surface area contributed by atoms with Crippen LogP contribution in [0.1, 0.15) is 41.5 Å². The second kappa shape index (κ2) is 5.83. The number of aryl methyl sites for hydroxylation is 3. The molecule has 1 saturated heterocycles. The van der Waals surface area contributed by atoms with Crippen molar-refractivity contribution in [3.8, 4) is 0 Å². The Bertz CT molecular complexity index is 673. The second-order valence-corrected chi connectivity index (χ2v) is 5.83. The van der Waals surface area contributed by atoms with Gasteiger partial charge < -0.3 is 14.7 Å². The van der Waals surface area contributed by atoms with E-state index < -0.39 is 0 Å². The van der Waals surface area contributed by atoms with Crippen LogP contribution in [0.2, 0.25) is 0 Å². The number of hydrogen-bond donors (Lipinski definition) is 1. The van der Waals surface area contributed by atoms with E-state index >= 15 is 0 Å². The minimum atomic E-state index is -0.0585. The first-order valence-electron chi connectivity index (χ1n) is 7.64. The molecule has 1 aliphatic rings. The van der Waals surface area contributed by atoms with Crippen LogP contribution in [0.4, 0.5) is 10.5 Å². The molecule has 0 aliphatic carbocycles. The lowest BCUT2D eigenvalue weighted by molar-refractivity contribution is 0.206. The fourth-order valence-corrected chi connectivity index (χ4v) is 3.18. The zero-order chi connectivity index (χ0) is 15.7. The molecule has 0 radical (unpaired) electrons. The molecule has 2 heterocycles. The number of carbonyl (C=O) groups excluding carboxylic acids is 1.